The van der Waals surface area contributed by atoms with Crippen LogP contribution in [0.5, 0.6) is 17.2 Å². The van der Waals surface area contributed by atoms with Gasteiger partial charge in [0.1, 0.15) is 12.4 Å². The van der Waals surface area contributed by atoms with Gasteiger partial charge in [0.25, 0.3) is 0 Å². The van der Waals surface area contributed by atoms with E-state index in [1.807, 2.05) is 0 Å². The number of nitrogens with zero attached hydrogens (tertiary/aromatic N) is 1. The Balaban J connectivity index is 1.36. The summed E-state index contributed by atoms with van der Waals surface area (Å²) in [5.74, 6) is 2.68. The second-order valence-electron chi connectivity index (χ2n) is 9.74. The Labute approximate surface area is 208 Å². The minimum absolute atomic E-state index is 0.167. The lowest BCUT2D eigenvalue weighted by atomic mass is 9.80. The normalized spacial score (nSPS) is 18.7. The summed E-state index contributed by atoms with van der Waals surface area (Å²) in [6, 6.07) is 22.0. The van der Waals surface area contributed by atoms with Crippen molar-refractivity contribution in [2.24, 2.45) is 0 Å². The van der Waals surface area contributed by atoms with Gasteiger partial charge in [-0.15, -0.1) is 0 Å². The van der Waals surface area contributed by atoms with E-state index in [1.165, 1.54) is 64.9 Å². The predicted molar refractivity (Wildman–Crippen MR) is 141 cm³/mol. The third-order valence-electron chi connectivity index (χ3n) is 7.85. The summed E-state index contributed by atoms with van der Waals surface area (Å²) in [4.78, 5) is 2.49. The van der Waals surface area contributed by atoms with Crippen molar-refractivity contribution in [3.8, 4) is 17.2 Å². The van der Waals surface area contributed by atoms with Gasteiger partial charge in [0.15, 0.2) is 11.5 Å². The lowest BCUT2D eigenvalue weighted by Gasteiger charge is -2.24. The van der Waals surface area contributed by atoms with E-state index in [4.69, 9.17) is 14.2 Å². The molecule has 0 N–H and O–H groups in total. The van der Waals surface area contributed by atoms with Crippen molar-refractivity contribution < 1.29 is 14.2 Å². The van der Waals surface area contributed by atoms with Gasteiger partial charge in [-0.05, 0) is 102 Å². The molecule has 4 heteroatoms. The summed E-state index contributed by atoms with van der Waals surface area (Å²) >= 11 is 0. The van der Waals surface area contributed by atoms with E-state index in [2.05, 4.69) is 65.6 Å². The first-order chi connectivity index (χ1) is 17.3. The van der Waals surface area contributed by atoms with Crippen LogP contribution in [0.25, 0.3) is 11.1 Å². The molecule has 1 heterocycles. The Bertz CT molecular complexity index is 1250. The summed E-state index contributed by atoms with van der Waals surface area (Å²) in [5, 5.41) is 0. The number of ether oxygens (including phenoxy) is 3. The highest BCUT2D eigenvalue weighted by Gasteiger charge is 2.37. The molecule has 0 amide bonds. The molecule has 0 aromatic heterocycles. The zero-order valence-electron chi connectivity index (χ0n) is 20.7. The summed E-state index contributed by atoms with van der Waals surface area (Å²) in [6.07, 6.45) is 4.74. The Morgan fingerprint density at radius 1 is 0.829 bits per heavy atom. The SMILES string of the molecule is COc1cc2c(cc1OC)C(c1ccc(OCCN3CCCC3)cc1)C1=C2CCc2ccccc21. The second kappa shape index (κ2) is 9.43. The quantitative estimate of drug-likeness (QED) is 0.415. The lowest BCUT2D eigenvalue weighted by molar-refractivity contribution is 0.238. The molecule has 3 aliphatic rings. The first kappa shape index (κ1) is 22.2. The number of rotatable bonds is 7. The fraction of sp³-hybridized carbons (Fsp3) is 0.355. The van der Waals surface area contributed by atoms with Crippen LogP contribution < -0.4 is 14.2 Å². The third-order valence-corrected chi connectivity index (χ3v) is 7.85. The molecule has 180 valence electrons. The van der Waals surface area contributed by atoms with Gasteiger partial charge in [-0.1, -0.05) is 36.4 Å². The fourth-order valence-corrected chi connectivity index (χ4v) is 6.12. The number of fused-ring (bicyclic) bond motifs is 4. The molecular formula is C31H33NO3. The molecule has 0 saturated carbocycles. The molecule has 1 saturated heterocycles. The number of hydrogen-bond acceptors (Lipinski definition) is 4. The van der Waals surface area contributed by atoms with E-state index in [1.54, 1.807) is 14.2 Å². The zero-order valence-corrected chi connectivity index (χ0v) is 20.7. The van der Waals surface area contributed by atoms with Crippen LogP contribution >= 0.6 is 0 Å². The van der Waals surface area contributed by atoms with Crippen molar-refractivity contribution in [2.45, 2.75) is 31.6 Å². The first-order valence-electron chi connectivity index (χ1n) is 12.8. The Kier molecular flexibility index (Phi) is 5.99. The number of benzene rings is 3. The molecule has 2 aliphatic carbocycles. The Hall–Kier alpha value is -3.24. The van der Waals surface area contributed by atoms with Crippen molar-refractivity contribution in [1.29, 1.82) is 0 Å². The average molecular weight is 468 g/mol. The number of hydrogen-bond donors (Lipinski definition) is 0. The Morgan fingerprint density at radius 2 is 1.57 bits per heavy atom. The van der Waals surface area contributed by atoms with Crippen molar-refractivity contribution in [3.63, 3.8) is 0 Å². The maximum atomic E-state index is 6.09. The summed E-state index contributed by atoms with van der Waals surface area (Å²) in [5.41, 5.74) is 9.56. The average Bonchev–Trinajstić information content (AvgIpc) is 3.54. The molecule has 1 aliphatic heterocycles. The van der Waals surface area contributed by atoms with E-state index in [-0.39, 0.29) is 5.92 Å². The van der Waals surface area contributed by atoms with Gasteiger partial charge >= 0.3 is 0 Å². The van der Waals surface area contributed by atoms with Crippen LogP contribution in [0, 0.1) is 0 Å². The minimum Gasteiger partial charge on any atom is -0.493 e. The van der Waals surface area contributed by atoms with Gasteiger partial charge in [0.05, 0.1) is 14.2 Å². The predicted octanol–water partition coefficient (Wildman–Crippen LogP) is 6.18. The van der Waals surface area contributed by atoms with Crippen LogP contribution in [0.15, 0.2) is 60.7 Å². The maximum absolute atomic E-state index is 6.09. The van der Waals surface area contributed by atoms with Crippen LogP contribution in [0.3, 0.4) is 0 Å². The van der Waals surface area contributed by atoms with Gasteiger partial charge in [-0.25, -0.2) is 0 Å². The van der Waals surface area contributed by atoms with Crippen LogP contribution in [0.4, 0.5) is 0 Å². The summed E-state index contributed by atoms with van der Waals surface area (Å²) < 4.78 is 17.5. The van der Waals surface area contributed by atoms with Gasteiger partial charge in [0, 0.05) is 12.5 Å². The van der Waals surface area contributed by atoms with Gasteiger partial charge in [-0.2, -0.15) is 0 Å². The highest BCUT2D eigenvalue weighted by atomic mass is 16.5. The van der Waals surface area contributed by atoms with Crippen molar-refractivity contribution >= 4 is 11.1 Å². The van der Waals surface area contributed by atoms with Crippen LogP contribution in [-0.2, 0) is 6.42 Å². The molecule has 3 aromatic rings. The molecule has 1 fully saturated rings. The van der Waals surface area contributed by atoms with Crippen molar-refractivity contribution in [1.82, 2.24) is 4.90 Å². The highest BCUT2D eigenvalue weighted by molar-refractivity contribution is 6.03. The number of methoxy groups -OCH3 is 2. The van der Waals surface area contributed by atoms with Gasteiger partial charge in [-0.3, -0.25) is 4.90 Å². The molecule has 1 unspecified atom stereocenters. The van der Waals surface area contributed by atoms with Crippen LogP contribution in [0.2, 0.25) is 0 Å². The standard InChI is InChI=1S/C31H33NO3/c1-33-28-19-26-25-14-11-21-7-3-4-8-24(21)31(25)30(27(26)20-29(28)34-2)22-9-12-23(13-10-22)35-18-17-32-15-5-6-16-32/h3-4,7-10,12-13,19-20,30H,5-6,11,14-18H2,1-2H3. The second-order valence-corrected chi connectivity index (χ2v) is 9.74. The molecule has 0 bridgehead atoms. The molecule has 0 radical (unpaired) electrons. The van der Waals surface area contributed by atoms with Gasteiger partial charge < -0.3 is 14.2 Å². The summed E-state index contributed by atoms with van der Waals surface area (Å²) in [7, 11) is 3.43. The third kappa shape index (κ3) is 4.00. The topological polar surface area (TPSA) is 30.9 Å². The molecule has 4 nitrogen and oxygen atoms in total. The van der Waals surface area contributed by atoms with Crippen LogP contribution in [0.1, 0.15) is 53.0 Å². The number of aryl methyl sites for hydroxylation is 1. The highest BCUT2D eigenvalue weighted by Crippen LogP contribution is 2.56. The van der Waals surface area contributed by atoms with E-state index in [0.29, 0.717) is 0 Å². The summed E-state index contributed by atoms with van der Waals surface area (Å²) in [6.45, 7) is 4.16. The molecule has 0 spiro atoms. The van der Waals surface area contributed by atoms with E-state index >= 15 is 0 Å². The van der Waals surface area contributed by atoms with Gasteiger partial charge in [0.2, 0.25) is 0 Å². The minimum atomic E-state index is 0.167. The number of likely N-dealkylation sites (tertiary alicyclic amines) is 1. The smallest absolute Gasteiger partial charge is 0.161 e. The monoisotopic (exact) mass is 467 g/mol. The van der Waals surface area contributed by atoms with Crippen molar-refractivity contribution in [3.05, 3.63) is 88.5 Å². The Morgan fingerprint density at radius 3 is 2.34 bits per heavy atom. The fourth-order valence-electron chi connectivity index (χ4n) is 6.12. The maximum Gasteiger partial charge on any atom is 0.161 e. The molecular weight excluding hydrogens is 434 g/mol. The molecule has 6 rings (SSSR count). The largest absolute Gasteiger partial charge is 0.493 e. The molecule has 35 heavy (non-hydrogen) atoms. The zero-order chi connectivity index (χ0) is 23.8. The van der Waals surface area contributed by atoms with Crippen molar-refractivity contribution in [2.75, 3.05) is 40.5 Å². The molecule has 1 atom stereocenters. The first-order valence-corrected chi connectivity index (χ1v) is 12.8. The van der Waals surface area contributed by atoms with Crippen LogP contribution in [-0.4, -0.2) is 45.4 Å². The molecule has 3 aromatic carbocycles. The van der Waals surface area contributed by atoms with E-state index in [9.17, 15) is 0 Å². The van der Waals surface area contributed by atoms with E-state index < -0.39 is 0 Å². The lowest BCUT2D eigenvalue weighted by Crippen LogP contribution is -2.25. The number of allylic oxidation sites excluding steroid dienone is 2. The van der Waals surface area contributed by atoms with E-state index in [0.717, 1.165) is 43.2 Å².